The van der Waals surface area contributed by atoms with E-state index in [1.165, 1.54) is 33.3 Å². The summed E-state index contributed by atoms with van der Waals surface area (Å²) in [5, 5.41) is 0. The fourth-order valence-electron chi connectivity index (χ4n) is 2.70. The first kappa shape index (κ1) is 33.4. The van der Waals surface area contributed by atoms with E-state index in [-0.39, 0.29) is 16.5 Å². The van der Waals surface area contributed by atoms with Gasteiger partial charge in [0, 0.05) is 35.9 Å². The summed E-state index contributed by atoms with van der Waals surface area (Å²) >= 11 is 2.46. The number of para-hydroxylation sites is 2. The summed E-state index contributed by atoms with van der Waals surface area (Å²) in [6, 6.07) is 27.9. The second-order valence-electron chi connectivity index (χ2n) is 6.83. The van der Waals surface area contributed by atoms with Gasteiger partial charge in [0.1, 0.15) is 23.9 Å². The van der Waals surface area contributed by atoms with E-state index >= 15 is 0 Å². The van der Waals surface area contributed by atoms with Crippen LogP contribution in [-0.2, 0) is 40.0 Å². The third kappa shape index (κ3) is 14.4. The molecule has 0 bridgehead atoms. The van der Waals surface area contributed by atoms with Crippen LogP contribution in [-0.4, -0.2) is 34.9 Å². The van der Waals surface area contributed by atoms with Gasteiger partial charge in [-0.2, -0.15) is 0 Å². The SMILES string of the molecule is C[SH+]c1ccccc1N=Cc1ccccn1.C[SH+]c1ccccc1N=Cc1ccccn1.[Ni+2].[O-][Cl+3]([O-])([O-])[O-]. The van der Waals surface area contributed by atoms with Crippen LogP contribution in [0.25, 0.3) is 0 Å². The summed E-state index contributed by atoms with van der Waals surface area (Å²) in [5.41, 5.74) is 3.78. The third-order valence-electron chi connectivity index (χ3n) is 4.29. The van der Waals surface area contributed by atoms with Crippen molar-refractivity contribution in [2.75, 3.05) is 12.5 Å². The normalized spacial score (nSPS) is 10.7. The molecular weight excluding hydrogens is 591 g/mol. The van der Waals surface area contributed by atoms with Gasteiger partial charge in [-0.3, -0.25) is 9.97 Å². The molecule has 0 saturated heterocycles. The van der Waals surface area contributed by atoms with Crippen molar-refractivity contribution in [2.45, 2.75) is 9.79 Å². The first-order valence-electron chi connectivity index (χ1n) is 10.7. The minimum atomic E-state index is -4.94. The monoisotopic (exact) mass is 615 g/mol. The van der Waals surface area contributed by atoms with Crippen molar-refractivity contribution >= 4 is 47.3 Å². The standard InChI is InChI=1S/2C13H12N2S.ClHO4.Ni/c2*1-16-13-8-3-2-7-12(13)15-10-11-6-4-5-9-14-11;2-1(3,4)5;/h2*2-10H,1H3;(H,2,3,4,5);/q;;;+2/p+1. The number of hydrogen-bond acceptors (Lipinski definition) is 8. The van der Waals surface area contributed by atoms with E-state index in [0.29, 0.717) is 0 Å². The summed E-state index contributed by atoms with van der Waals surface area (Å²) < 4.78 is 34.0. The maximum Gasteiger partial charge on any atom is 2.00 e. The number of thiol groups is 2. The molecule has 4 aromatic rings. The topological polar surface area (TPSA) is 143 Å². The molecule has 200 valence electrons. The zero-order valence-electron chi connectivity index (χ0n) is 20.4. The van der Waals surface area contributed by atoms with Crippen molar-refractivity contribution in [1.29, 1.82) is 0 Å². The minimum absolute atomic E-state index is 0. The van der Waals surface area contributed by atoms with Crippen molar-refractivity contribution in [2.24, 2.45) is 9.98 Å². The molecule has 4 rings (SSSR count). The van der Waals surface area contributed by atoms with Gasteiger partial charge in [0.15, 0.2) is 9.79 Å². The van der Waals surface area contributed by atoms with Gasteiger partial charge >= 0.3 is 16.5 Å². The van der Waals surface area contributed by atoms with Crippen molar-refractivity contribution in [1.82, 2.24) is 9.97 Å². The van der Waals surface area contributed by atoms with Gasteiger partial charge in [0.2, 0.25) is 0 Å². The molecule has 0 atom stereocenters. The molecule has 2 aromatic carbocycles. The molecule has 0 aliphatic heterocycles. The quantitative estimate of drug-likeness (QED) is 0.134. The second kappa shape index (κ2) is 18.6. The number of rotatable bonds is 6. The summed E-state index contributed by atoms with van der Waals surface area (Å²) in [6.45, 7) is 0. The van der Waals surface area contributed by atoms with E-state index in [4.69, 9.17) is 18.6 Å². The number of pyridine rings is 2. The van der Waals surface area contributed by atoms with E-state index in [1.54, 1.807) is 24.8 Å². The van der Waals surface area contributed by atoms with Gasteiger partial charge in [-0.1, -0.05) is 36.4 Å². The Morgan fingerprint density at radius 1 is 0.605 bits per heavy atom. The van der Waals surface area contributed by atoms with E-state index in [1.807, 2.05) is 72.8 Å². The van der Waals surface area contributed by atoms with Crippen LogP contribution in [0.2, 0.25) is 0 Å². The summed E-state index contributed by atoms with van der Waals surface area (Å²) in [4.78, 5) is 19.8. The molecule has 0 spiro atoms. The maximum atomic E-state index is 8.49. The van der Waals surface area contributed by atoms with Crippen LogP contribution in [0.4, 0.5) is 11.4 Å². The van der Waals surface area contributed by atoms with E-state index < -0.39 is 10.2 Å². The van der Waals surface area contributed by atoms with Gasteiger partial charge in [-0.15, -0.1) is 10.2 Å². The molecule has 0 N–H and O–H groups in total. The Bertz CT molecular complexity index is 1170. The van der Waals surface area contributed by atoms with Crippen molar-refractivity contribution in [3.8, 4) is 0 Å². The number of nitrogens with zero attached hydrogens (tertiary/aromatic N) is 4. The van der Waals surface area contributed by atoms with E-state index in [0.717, 1.165) is 22.8 Å². The summed E-state index contributed by atoms with van der Waals surface area (Å²) in [6.07, 6.45) is 11.3. The predicted octanol–water partition coefficient (Wildman–Crippen LogP) is 0.513. The van der Waals surface area contributed by atoms with Crippen LogP contribution in [0.3, 0.4) is 0 Å². The van der Waals surface area contributed by atoms with Gasteiger partial charge < -0.3 is 0 Å². The van der Waals surface area contributed by atoms with E-state index in [2.05, 4.69) is 44.6 Å². The van der Waals surface area contributed by atoms with Crippen molar-refractivity contribution in [3.05, 3.63) is 109 Å². The molecule has 38 heavy (non-hydrogen) atoms. The fourth-order valence-corrected chi connectivity index (χ4v) is 3.89. The van der Waals surface area contributed by atoms with Crippen LogP contribution in [0.5, 0.6) is 0 Å². The Kier molecular flexibility index (Phi) is 16.4. The molecule has 0 aliphatic carbocycles. The maximum absolute atomic E-state index is 8.49. The first-order valence-corrected chi connectivity index (χ1v) is 14.6. The molecule has 2 heterocycles. The second-order valence-corrected chi connectivity index (χ2v) is 9.44. The molecule has 2 aromatic heterocycles. The molecule has 8 nitrogen and oxygen atoms in total. The van der Waals surface area contributed by atoms with Crippen molar-refractivity contribution < 1.29 is 45.4 Å². The molecular formula is C26H26ClN4NiO4S2+3. The zero-order chi connectivity index (χ0) is 26.9. The van der Waals surface area contributed by atoms with E-state index in [9.17, 15) is 0 Å². The van der Waals surface area contributed by atoms with Gasteiger partial charge in [0.05, 0.1) is 23.8 Å². The van der Waals surface area contributed by atoms with Crippen LogP contribution < -0.4 is 18.6 Å². The third-order valence-corrected chi connectivity index (χ3v) is 6.01. The number of hydrogen-bond donors (Lipinski definition) is 0. The molecule has 0 unspecified atom stereocenters. The van der Waals surface area contributed by atoms with Crippen LogP contribution in [0, 0.1) is 10.2 Å². The average molecular weight is 617 g/mol. The van der Waals surface area contributed by atoms with Gasteiger partial charge in [0.25, 0.3) is 0 Å². The number of halogens is 1. The Morgan fingerprint density at radius 3 is 1.26 bits per heavy atom. The van der Waals surface area contributed by atoms with Crippen LogP contribution >= 0.6 is 0 Å². The number of aromatic nitrogens is 2. The zero-order valence-corrected chi connectivity index (χ0v) is 23.9. The Hall–Kier alpha value is -2.60. The minimum Gasteiger partial charge on any atom is -0.255 e. The molecule has 12 heteroatoms. The Morgan fingerprint density at radius 2 is 0.947 bits per heavy atom. The summed E-state index contributed by atoms with van der Waals surface area (Å²) in [5.74, 6) is 0. The molecule has 0 saturated carbocycles. The van der Waals surface area contributed by atoms with Crippen molar-refractivity contribution in [3.63, 3.8) is 0 Å². The molecule has 0 radical (unpaired) electrons. The molecule has 0 fully saturated rings. The van der Waals surface area contributed by atoms with Crippen LogP contribution in [0.15, 0.2) is 117 Å². The van der Waals surface area contributed by atoms with Crippen LogP contribution in [0.1, 0.15) is 11.4 Å². The smallest absolute Gasteiger partial charge is 0.255 e. The fraction of sp³-hybridized carbons (Fsp3) is 0.0769. The number of benzene rings is 2. The summed E-state index contributed by atoms with van der Waals surface area (Å²) in [7, 11) is -4.94. The Labute approximate surface area is 242 Å². The first-order chi connectivity index (χ1) is 17.8. The molecule has 0 aliphatic rings. The largest absolute Gasteiger partial charge is 2.00 e. The number of aliphatic imine (C=N–C) groups is 2. The van der Waals surface area contributed by atoms with Gasteiger partial charge in [-0.25, -0.2) is 28.6 Å². The van der Waals surface area contributed by atoms with Gasteiger partial charge in [-0.05, 0) is 48.5 Å². The molecule has 0 amide bonds. The Balaban J connectivity index is 0.000000317. The average Bonchev–Trinajstić information content (AvgIpc) is 2.91. The predicted molar refractivity (Wildman–Crippen MR) is 142 cm³/mol.